The second-order valence-corrected chi connectivity index (χ2v) is 6.51. The van der Waals surface area contributed by atoms with E-state index < -0.39 is 21.7 Å². The van der Waals surface area contributed by atoms with Gasteiger partial charge in [-0.05, 0) is 34.1 Å². The molecular formula is C10H11BrN2O4S2. The Morgan fingerprint density at radius 3 is 2.63 bits per heavy atom. The number of carbonyl (C=O) groups is 1. The first kappa shape index (κ1) is 15.9. The lowest BCUT2D eigenvalue weighted by Gasteiger charge is -2.10. The van der Waals surface area contributed by atoms with Crippen LogP contribution in [-0.4, -0.2) is 32.2 Å². The molecule has 0 unspecified atom stereocenters. The van der Waals surface area contributed by atoms with E-state index in [1.807, 2.05) is 0 Å². The number of hydrogen-bond donors (Lipinski definition) is 2. The first-order chi connectivity index (χ1) is 8.75. The smallest absolute Gasteiger partial charge is 0.322 e. The second-order valence-electron chi connectivity index (χ2n) is 3.50. The van der Waals surface area contributed by atoms with Gasteiger partial charge < -0.3 is 10.5 Å². The van der Waals surface area contributed by atoms with Crippen LogP contribution < -0.4 is 10.5 Å². The third-order valence-electron chi connectivity index (χ3n) is 2.05. The van der Waals surface area contributed by atoms with Gasteiger partial charge in [0, 0.05) is 10.0 Å². The number of sulfonamides is 1. The van der Waals surface area contributed by atoms with Crippen molar-refractivity contribution in [3.8, 4) is 0 Å². The summed E-state index contributed by atoms with van der Waals surface area (Å²) >= 11 is 8.00. The number of anilines is 1. The maximum atomic E-state index is 11.7. The molecule has 0 amide bonds. The molecule has 0 saturated carbocycles. The van der Waals surface area contributed by atoms with E-state index in [9.17, 15) is 13.2 Å². The molecule has 104 valence electrons. The quantitative estimate of drug-likeness (QED) is 0.595. The molecule has 3 N–H and O–H groups in total. The number of methoxy groups -OCH3 is 1. The highest BCUT2D eigenvalue weighted by molar-refractivity contribution is 9.10. The highest BCUT2D eigenvalue weighted by Gasteiger charge is 2.18. The Balaban J connectivity index is 2.94. The van der Waals surface area contributed by atoms with Crippen molar-refractivity contribution in [2.75, 3.05) is 17.6 Å². The highest BCUT2D eigenvalue weighted by Crippen LogP contribution is 2.24. The number of thiocarbonyl (C=S) groups is 1. The monoisotopic (exact) mass is 366 g/mol. The zero-order chi connectivity index (χ0) is 14.6. The first-order valence-electron chi connectivity index (χ1n) is 4.92. The summed E-state index contributed by atoms with van der Waals surface area (Å²) in [5.74, 6) is -1.60. The molecule has 0 atom stereocenters. The molecule has 0 spiro atoms. The molecule has 6 nitrogen and oxygen atoms in total. The fraction of sp³-hybridized carbons (Fsp3) is 0.200. The number of halogens is 1. The summed E-state index contributed by atoms with van der Waals surface area (Å²) in [4.78, 5) is 11.2. The van der Waals surface area contributed by atoms with Gasteiger partial charge in [0.2, 0.25) is 10.0 Å². The number of ether oxygens (including phenoxy) is 1. The lowest BCUT2D eigenvalue weighted by atomic mass is 10.2. The summed E-state index contributed by atoms with van der Waals surface area (Å²) in [6.45, 7) is 0. The van der Waals surface area contributed by atoms with Crippen LogP contribution in [-0.2, 0) is 19.6 Å². The van der Waals surface area contributed by atoms with Crippen molar-refractivity contribution >= 4 is 54.8 Å². The lowest BCUT2D eigenvalue weighted by molar-refractivity contribution is -0.137. The Morgan fingerprint density at radius 2 is 2.16 bits per heavy atom. The average molecular weight is 367 g/mol. The van der Waals surface area contributed by atoms with Gasteiger partial charge in [0.25, 0.3) is 0 Å². The minimum atomic E-state index is -3.82. The fourth-order valence-corrected chi connectivity index (χ4v) is 2.92. The summed E-state index contributed by atoms with van der Waals surface area (Å²) in [6.07, 6.45) is 0. The molecular weight excluding hydrogens is 356 g/mol. The van der Waals surface area contributed by atoms with Crippen molar-refractivity contribution in [1.82, 2.24) is 0 Å². The van der Waals surface area contributed by atoms with E-state index in [0.29, 0.717) is 10.0 Å². The third kappa shape index (κ3) is 4.77. The van der Waals surface area contributed by atoms with E-state index in [4.69, 9.17) is 18.0 Å². The molecule has 0 radical (unpaired) electrons. The summed E-state index contributed by atoms with van der Waals surface area (Å²) in [5, 5.41) is 0. The Hall–Kier alpha value is -1.19. The fourth-order valence-electron chi connectivity index (χ4n) is 1.17. The minimum Gasteiger partial charge on any atom is -0.468 e. The number of nitrogens with one attached hydrogen (secondary N) is 1. The van der Waals surface area contributed by atoms with E-state index in [1.54, 1.807) is 12.1 Å². The molecule has 0 heterocycles. The number of nitrogens with two attached hydrogens (primary N) is 1. The predicted molar refractivity (Wildman–Crippen MR) is 79.5 cm³/mol. The molecule has 0 saturated heterocycles. The zero-order valence-electron chi connectivity index (χ0n) is 9.84. The van der Waals surface area contributed by atoms with Crippen molar-refractivity contribution in [2.45, 2.75) is 0 Å². The van der Waals surface area contributed by atoms with Crippen LogP contribution in [0.2, 0.25) is 0 Å². The van der Waals surface area contributed by atoms with E-state index in [2.05, 4.69) is 25.4 Å². The minimum absolute atomic E-state index is 0.199. The van der Waals surface area contributed by atoms with Crippen LogP contribution in [0, 0.1) is 0 Å². The molecule has 0 aliphatic rings. The zero-order valence-corrected chi connectivity index (χ0v) is 13.1. The van der Waals surface area contributed by atoms with Crippen LogP contribution in [0.5, 0.6) is 0 Å². The number of carbonyl (C=O) groups excluding carboxylic acids is 1. The number of benzene rings is 1. The second kappa shape index (κ2) is 6.31. The molecule has 19 heavy (non-hydrogen) atoms. The maximum absolute atomic E-state index is 11.7. The van der Waals surface area contributed by atoms with Crippen LogP contribution in [0.4, 0.5) is 5.69 Å². The molecule has 1 aromatic rings. The topological polar surface area (TPSA) is 98.5 Å². The van der Waals surface area contributed by atoms with Gasteiger partial charge in [0.05, 0.1) is 12.8 Å². The van der Waals surface area contributed by atoms with Crippen LogP contribution in [0.15, 0.2) is 22.7 Å². The summed E-state index contributed by atoms with van der Waals surface area (Å²) in [7, 11) is -2.70. The van der Waals surface area contributed by atoms with Gasteiger partial charge in [0.1, 0.15) is 4.99 Å². The number of hydrogen-bond acceptors (Lipinski definition) is 5. The Kier molecular flexibility index (Phi) is 5.27. The van der Waals surface area contributed by atoms with Gasteiger partial charge in [-0.25, -0.2) is 8.42 Å². The average Bonchev–Trinajstić information content (AvgIpc) is 2.30. The number of rotatable bonds is 5. The molecule has 0 bridgehead atoms. The van der Waals surface area contributed by atoms with Crippen molar-refractivity contribution in [3.05, 3.63) is 28.2 Å². The lowest BCUT2D eigenvalue weighted by Crippen LogP contribution is -2.23. The summed E-state index contributed by atoms with van der Waals surface area (Å²) in [6, 6.07) is 4.65. The standard InChI is InChI=1S/C10H11BrN2O4S2/c1-17-9(14)5-19(15,16)13-8-3-2-6(10(12)18)4-7(8)11/h2-4,13H,5H2,1H3,(H2,12,18). The van der Waals surface area contributed by atoms with Crippen LogP contribution in [0.1, 0.15) is 5.56 Å². The Morgan fingerprint density at radius 1 is 1.53 bits per heavy atom. The normalized spacial score (nSPS) is 10.8. The van der Waals surface area contributed by atoms with E-state index >= 15 is 0 Å². The molecule has 0 aromatic heterocycles. The van der Waals surface area contributed by atoms with Gasteiger partial charge in [-0.1, -0.05) is 12.2 Å². The third-order valence-corrected chi connectivity index (χ3v) is 4.09. The predicted octanol–water partition coefficient (Wildman–Crippen LogP) is 0.998. The summed E-state index contributed by atoms with van der Waals surface area (Å²) in [5.41, 5.74) is 6.33. The molecule has 9 heteroatoms. The van der Waals surface area contributed by atoms with Crippen molar-refractivity contribution in [3.63, 3.8) is 0 Å². The summed E-state index contributed by atoms with van der Waals surface area (Å²) < 4.78 is 30.3. The SMILES string of the molecule is COC(=O)CS(=O)(=O)Nc1ccc(C(N)=S)cc1Br. The van der Waals surface area contributed by atoms with Crippen molar-refractivity contribution in [2.24, 2.45) is 5.73 Å². The molecule has 1 aromatic carbocycles. The van der Waals surface area contributed by atoms with Crippen LogP contribution in [0.25, 0.3) is 0 Å². The first-order valence-corrected chi connectivity index (χ1v) is 7.77. The Bertz CT molecular complexity index is 616. The largest absolute Gasteiger partial charge is 0.468 e. The van der Waals surface area contributed by atoms with Gasteiger partial charge >= 0.3 is 5.97 Å². The van der Waals surface area contributed by atoms with Gasteiger partial charge in [-0.2, -0.15) is 0 Å². The van der Waals surface area contributed by atoms with Crippen molar-refractivity contribution in [1.29, 1.82) is 0 Å². The molecule has 1 rings (SSSR count). The van der Waals surface area contributed by atoms with E-state index in [-0.39, 0.29) is 10.7 Å². The Labute approximate surface area is 124 Å². The number of esters is 1. The molecule has 0 aliphatic carbocycles. The molecule has 0 aliphatic heterocycles. The van der Waals surface area contributed by atoms with E-state index in [0.717, 1.165) is 7.11 Å². The van der Waals surface area contributed by atoms with Gasteiger partial charge in [0.15, 0.2) is 5.75 Å². The van der Waals surface area contributed by atoms with Gasteiger partial charge in [-0.15, -0.1) is 0 Å². The van der Waals surface area contributed by atoms with Crippen LogP contribution >= 0.6 is 28.1 Å². The van der Waals surface area contributed by atoms with E-state index in [1.165, 1.54) is 6.07 Å². The maximum Gasteiger partial charge on any atom is 0.322 e. The van der Waals surface area contributed by atoms with Gasteiger partial charge in [-0.3, -0.25) is 9.52 Å². The molecule has 0 fully saturated rings. The van der Waals surface area contributed by atoms with Crippen molar-refractivity contribution < 1.29 is 17.9 Å². The van der Waals surface area contributed by atoms with Crippen LogP contribution in [0.3, 0.4) is 0 Å². The highest BCUT2D eigenvalue weighted by atomic mass is 79.9.